The SMILES string of the molecule is COc1ccccc1/C=N\NC(=O)CSc1nnc(-c2ccncc2)n1-c1ccc(Br)cc1. The van der Waals surface area contributed by atoms with Crippen LogP contribution >= 0.6 is 27.7 Å². The molecule has 0 saturated heterocycles. The predicted molar refractivity (Wildman–Crippen MR) is 132 cm³/mol. The van der Waals surface area contributed by atoms with Gasteiger partial charge in [-0.1, -0.05) is 39.8 Å². The van der Waals surface area contributed by atoms with Crippen LogP contribution in [0.25, 0.3) is 17.1 Å². The second-order valence-corrected chi connectivity index (χ2v) is 8.54. The molecule has 0 radical (unpaired) electrons. The lowest BCUT2D eigenvalue weighted by atomic mass is 10.2. The summed E-state index contributed by atoms with van der Waals surface area (Å²) < 4.78 is 8.16. The highest BCUT2D eigenvalue weighted by Gasteiger charge is 2.17. The minimum absolute atomic E-state index is 0.119. The molecule has 8 nitrogen and oxygen atoms in total. The minimum atomic E-state index is -0.262. The molecule has 0 aliphatic carbocycles. The number of hydrazone groups is 1. The van der Waals surface area contributed by atoms with Crippen molar-refractivity contribution in [3.8, 4) is 22.8 Å². The first-order chi connectivity index (χ1) is 16.2. The Labute approximate surface area is 203 Å². The largest absolute Gasteiger partial charge is 0.496 e. The average Bonchev–Trinajstić information content (AvgIpc) is 3.28. The number of ether oxygens (including phenoxy) is 1. The Kier molecular flexibility index (Phi) is 7.48. The van der Waals surface area contributed by atoms with Crippen molar-refractivity contribution in [2.24, 2.45) is 5.10 Å². The number of carbonyl (C=O) groups is 1. The van der Waals surface area contributed by atoms with Crippen LogP contribution in [0, 0.1) is 0 Å². The Morgan fingerprint density at radius 3 is 2.64 bits per heavy atom. The van der Waals surface area contributed by atoms with Gasteiger partial charge >= 0.3 is 0 Å². The van der Waals surface area contributed by atoms with E-state index in [-0.39, 0.29) is 11.7 Å². The first-order valence-electron chi connectivity index (χ1n) is 9.85. The second-order valence-electron chi connectivity index (χ2n) is 6.68. The summed E-state index contributed by atoms with van der Waals surface area (Å²) in [6.07, 6.45) is 4.96. The van der Waals surface area contributed by atoms with Crippen LogP contribution in [0.1, 0.15) is 5.56 Å². The molecule has 0 unspecified atom stereocenters. The van der Waals surface area contributed by atoms with Crippen LogP contribution in [0.3, 0.4) is 0 Å². The van der Waals surface area contributed by atoms with Gasteiger partial charge in [-0.25, -0.2) is 5.43 Å². The molecule has 0 spiro atoms. The fraction of sp³-hybridized carbons (Fsp3) is 0.0870. The number of nitrogens with one attached hydrogen (secondary N) is 1. The number of carbonyl (C=O) groups excluding carboxylic acids is 1. The van der Waals surface area contributed by atoms with Gasteiger partial charge in [-0.3, -0.25) is 14.3 Å². The van der Waals surface area contributed by atoms with Crippen molar-refractivity contribution in [2.45, 2.75) is 5.16 Å². The van der Waals surface area contributed by atoms with Crippen molar-refractivity contribution in [1.29, 1.82) is 0 Å². The summed E-state index contributed by atoms with van der Waals surface area (Å²) in [7, 11) is 1.59. The number of amides is 1. The van der Waals surface area contributed by atoms with E-state index < -0.39 is 0 Å². The fourth-order valence-electron chi connectivity index (χ4n) is 2.98. The van der Waals surface area contributed by atoms with E-state index in [1.54, 1.807) is 25.7 Å². The highest BCUT2D eigenvalue weighted by molar-refractivity contribution is 9.10. The van der Waals surface area contributed by atoms with Crippen molar-refractivity contribution >= 4 is 39.8 Å². The molecule has 0 saturated carbocycles. The van der Waals surface area contributed by atoms with Crippen LogP contribution in [0.5, 0.6) is 5.75 Å². The Morgan fingerprint density at radius 2 is 1.88 bits per heavy atom. The lowest BCUT2D eigenvalue weighted by Gasteiger charge is -2.10. The third-order valence-corrected chi connectivity index (χ3v) is 5.98. The number of methoxy groups -OCH3 is 1. The van der Waals surface area contributed by atoms with Gasteiger partial charge in [-0.2, -0.15) is 5.10 Å². The molecule has 0 bridgehead atoms. The van der Waals surface area contributed by atoms with Gasteiger partial charge in [0.25, 0.3) is 5.91 Å². The van der Waals surface area contributed by atoms with E-state index in [4.69, 9.17) is 4.74 Å². The normalized spacial score (nSPS) is 11.0. The zero-order chi connectivity index (χ0) is 23.0. The van der Waals surface area contributed by atoms with E-state index in [1.807, 2.05) is 65.2 Å². The third kappa shape index (κ3) is 5.65. The van der Waals surface area contributed by atoms with E-state index in [9.17, 15) is 4.79 Å². The smallest absolute Gasteiger partial charge is 0.250 e. The van der Waals surface area contributed by atoms with Crippen LogP contribution < -0.4 is 10.2 Å². The number of hydrogen-bond donors (Lipinski definition) is 1. The molecular weight excluding hydrogens is 504 g/mol. The zero-order valence-electron chi connectivity index (χ0n) is 17.6. The maximum Gasteiger partial charge on any atom is 0.250 e. The molecular formula is C23H19BrN6O2S. The number of hydrogen-bond acceptors (Lipinski definition) is 7. The van der Waals surface area contributed by atoms with Gasteiger partial charge in [-0.05, 0) is 48.5 Å². The minimum Gasteiger partial charge on any atom is -0.496 e. The topological polar surface area (TPSA) is 94.3 Å². The third-order valence-electron chi connectivity index (χ3n) is 4.52. The van der Waals surface area contributed by atoms with Crippen LogP contribution in [-0.4, -0.2) is 44.7 Å². The first-order valence-corrected chi connectivity index (χ1v) is 11.6. The molecule has 0 fully saturated rings. The van der Waals surface area contributed by atoms with Crippen LogP contribution in [0.4, 0.5) is 0 Å². The molecule has 4 rings (SSSR count). The highest BCUT2D eigenvalue weighted by Crippen LogP contribution is 2.28. The number of para-hydroxylation sites is 1. The highest BCUT2D eigenvalue weighted by atomic mass is 79.9. The molecule has 1 amide bonds. The van der Waals surface area contributed by atoms with Crippen LogP contribution in [0.15, 0.2) is 87.8 Å². The number of aromatic nitrogens is 4. The Hall–Kier alpha value is -3.50. The quantitative estimate of drug-likeness (QED) is 0.210. The van der Waals surface area contributed by atoms with Gasteiger partial charge in [0.1, 0.15) is 5.75 Å². The number of rotatable bonds is 8. The average molecular weight is 523 g/mol. The molecule has 166 valence electrons. The lowest BCUT2D eigenvalue weighted by Crippen LogP contribution is -2.20. The molecule has 10 heteroatoms. The fourth-order valence-corrected chi connectivity index (χ4v) is 3.99. The van der Waals surface area contributed by atoms with E-state index in [1.165, 1.54) is 11.8 Å². The summed E-state index contributed by atoms with van der Waals surface area (Å²) in [6.45, 7) is 0. The summed E-state index contributed by atoms with van der Waals surface area (Å²) in [5.74, 6) is 1.20. The molecule has 4 aromatic rings. The predicted octanol–water partition coefficient (Wildman–Crippen LogP) is 4.34. The maximum atomic E-state index is 12.4. The van der Waals surface area contributed by atoms with Crippen molar-refractivity contribution in [3.05, 3.63) is 83.1 Å². The van der Waals surface area contributed by atoms with Gasteiger partial charge in [-0.15, -0.1) is 10.2 Å². The number of benzene rings is 2. The molecule has 2 heterocycles. The second kappa shape index (κ2) is 10.9. The molecule has 0 aliphatic heterocycles. The number of halogens is 1. The monoisotopic (exact) mass is 522 g/mol. The van der Waals surface area contributed by atoms with Crippen LogP contribution in [0.2, 0.25) is 0 Å². The summed E-state index contributed by atoms with van der Waals surface area (Å²) >= 11 is 4.74. The Balaban J connectivity index is 1.50. The number of nitrogens with zero attached hydrogens (tertiary/aromatic N) is 5. The van der Waals surface area contributed by atoms with Gasteiger partial charge in [0.15, 0.2) is 11.0 Å². The van der Waals surface area contributed by atoms with Crippen molar-refractivity contribution in [2.75, 3.05) is 12.9 Å². The van der Waals surface area contributed by atoms with Crippen LogP contribution in [-0.2, 0) is 4.79 Å². The number of pyridine rings is 1. The Morgan fingerprint density at radius 1 is 1.12 bits per heavy atom. The molecule has 2 aromatic heterocycles. The van der Waals surface area contributed by atoms with Crippen molar-refractivity contribution in [3.63, 3.8) is 0 Å². The summed E-state index contributed by atoms with van der Waals surface area (Å²) in [6, 6.07) is 19.0. The molecule has 1 N–H and O–H groups in total. The van der Waals surface area contributed by atoms with E-state index in [2.05, 4.69) is 41.6 Å². The van der Waals surface area contributed by atoms with E-state index in [0.717, 1.165) is 21.3 Å². The van der Waals surface area contributed by atoms with Gasteiger partial charge in [0.2, 0.25) is 0 Å². The molecule has 33 heavy (non-hydrogen) atoms. The maximum absolute atomic E-state index is 12.4. The molecule has 0 aliphatic rings. The van der Waals surface area contributed by atoms with Gasteiger partial charge in [0, 0.05) is 33.7 Å². The van der Waals surface area contributed by atoms with Crippen molar-refractivity contribution < 1.29 is 9.53 Å². The van der Waals surface area contributed by atoms with Gasteiger partial charge in [0.05, 0.1) is 19.1 Å². The molecule has 0 atom stereocenters. The lowest BCUT2D eigenvalue weighted by molar-refractivity contribution is -0.118. The summed E-state index contributed by atoms with van der Waals surface area (Å²) in [4.78, 5) is 16.5. The standard InChI is InChI=1S/C23H19BrN6O2S/c1-32-20-5-3-2-4-17(20)14-26-27-21(31)15-33-23-29-28-22(16-10-12-25-13-11-16)30(23)19-8-6-18(24)7-9-19/h2-14H,15H2,1H3,(H,27,31)/b26-14-. The van der Waals surface area contributed by atoms with Crippen molar-refractivity contribution in [1.82, 2.24) is 25.2 Å². The first kappa shape index (κ1) is 22.7. The summed E-state index contributed by atoms with van der Waals surface area (Å²) in [5.41, 5.74) is 5.06. The van der Waals surface area contributed by atoms with E-state index in [0.29, 0.717) is 16.7 Å². The van der Waals surface area contributed by atoms with Gasteiger partial charge < -0.3 is 4.74 Å². The Bertz CT molecular complexity index is 1260. The molecule has 2 aromatic carbocycles. The zero-order valence-corrected chi connectivity index (χ0v) is 20.0. The summed E-state index contributed by atoms with van der Waals surface area (Å²) in [5, 5.41) is 13.3. The number of thioether (sulfide) groups is 1. The van der Waals surface area contributed by atoms with E-state index >= 15 is 0 Å².